The van der Waals surface area contributed by atoms with E-state index in [0.717, 1.165) is 52.4 Å². The van der Waals surface area contributed by atoms with E-state index in [4.69, 9.17) is 11.5 Å². The molecule has 0 aromatic carbocycles. The van der Waals surface area contributed by atoms with Gasteiger partial charge in [-0.1, -0.05) is 0 Å². The zero-order chi connectivity index (χ0) is 12.5. The van der Waals surface area contributed by atoms with E-state index in [0.29, 0.717) is 13.1 Å². The summed E-state index contributed by atoms with van der Waals surface area (Å²) < 4.78 is 0. The second-order valence-electron chi connectivity index (χ2n) is 2.87. The first-order valence-corrected chi connectivity index (χ1v) is 7.76. The van der Waals surface area contributed by atoms with E-state index in [1.165, 1.54) is 0 Å². The maximum absolute atomic E-state index is 5.32. The average molecular weight is 324 g/mol. The molecule has 0 aliphatic heterocycles. The SMILES string of the molecule is NCCNCCNCCNCCN.[Cl][Cu][Cl]. The molecule has 5 nitrogen and oxygen atoms in total. The molecule has 105 valence electrons. The van der Waals surface area contributed by atoms with Crippen molar-refractivity contribution in [1.29, 1.82) is 0 Å². The zero-order valence-corrected chi connectivity index (χ0v) is 11.8. The van der Waals surface area contributed by atoms with Crippen molar-refractivity contribution in [2.45, 2.75) is 0 Å². The number of hydrogen-bond acceptors (Lipinski definition) is 5. The van der Waals surface area contributed by atoms with E-state index in [-0.39, 0.29) is 0 Å². The van der Waals surface area contributed by atoms with E-state index >= 15 is 0 Å². The van der Waals surface area contributed by atoms with Crippen molar-refractivity contribution in [3.8, 4) is 0 Å². The van der Waals surface area contributed by atoms with E-state index in [9.17, 15) is 0 Å². The molecule has 0 saturated heterocycles. The molecule has 0 aliphatic rings. The molecular weight excluding hydrogens is 301 g/mol. The Hall–Kier alpha value is 0.899. The van der Waals surface area contributed by atoms with Gasteiger partial charge in [-0.3, -0.25) is 0 Å². The first-order valence-electron chi connectivity index (χ1n) is 5.17. The Morgan fingerprint density at radius 1 is 0.688 bits per heavy atom. The molecule has 16 heavy (non-hydrogen) atoms. The number of nitrogens with one attached hydrogen (secondary N) is 3. The number of nitrogens with two attached hydrogens (primary N) is 2. The van der Waals surface area contributed by atoms with E-state index in [2.05, 4.69) is 36.1 Å². The standard InChI is InChI=1S/C8H23N5.2ClH.Cu/c9-1-3-11-5-7-13-8-6-12-4-2-10;;;/h11-13H,1-10H2;2*1H;/q;;;+2/p-2. The summed E-state index contributed by atoms with van der Waals surface area (Å²) >= 11 is 0.757. The first kappa shape index (κ1) is 19.2. The summed E-state index contributed by atoms with van der Waals surface area (Å²) in [4.78, 5) is 0. The molecule has 8 heteroatoms. The Morgan fingerprint density at radius 2 is 0.938 bits per heavy atom. The predicted octanol–water partition coefficient (Wildman–Crippen LogP) is -0.951. The van der Waals surface area contributed by atoms with Gasteiger partial charge in [0.15, 0.2) is 0 Å². The van der Waals surface area contributed by atoms with Crippen molar-refractivity contribution in [2.75, 3.05) is 52.4 Å². The van der Waals surface area contributed by atoms with Crippen molar-refractivity contribution < 1.29 is 13.1 Å². The van der Waals surface area contributed by atoms with Crippen molar-refractivity contribution in [3.63, 3.8) is 0 Å². The van der Waals surface area contributed by atoms with Gasteiger partial charge < -0.3 is 27.4 Å². The van der Waals surface area contributed by atoms with Crippen LogP contribution in [0.3, 0.4) is 0 Å². The van der Waals surface area contributed by atoms with Gasteiger partial charge in [0, 0.05) is 52.4 Å². The summed E-state index contributed by atoms with van der Waals surface area (Å²) in [6, 6.07) is 0. The Labute approximate surface area is 113 Å². The third-order valence-electron chi connectivity index (χ3n) is 1.60. The van der Waals surface area contributed by atoms with Crippen LogP contribution >= 0.6 is 20.2 Å². The molecule has 0 rings (SSSR count). The van der Waals surface area contributed by atoms with Crippen LogP contribution in [0.1, 0.15) is 0 Å². The third-order valence-corrected chi connectivity index (χ3v) is 1.60. The van der Waals surface area contributed by atoms with Gasteiger partial charge in [0.2, 0.25) is 0 Å². The molecule has 0 amide bonds. The van der Waals surface area contributed by atoms with E-state index in [1.807, 2.05) is 0 Å². The Balaban J connectivity index is 0. The molecule has 0 atom stereocenters. The van der Waals surface area contributed by atoms with Crippen molar-refractivity contribution in [1.82, 2.24) is 16.0 Å². The minimum atomic E-state index is 0.706. The van der Waals surface area contributed by atoms with Gasteiger partial charge in [-0.15, -0.1) is 0 Å². The van der Waals surface area contributed by atoms with Crippen LogP contribution < -0.4 is 27.4 Å². The molecule has 0 radical (unpaired) electrons. The van der Waals surface area contributed by atoms with Crippen LogP contribution in [0.15, 0.2) is 0 Å². The molecule has 7 N–H and O–H groups in total. The molecule has 0 aliphatic carbocycles. The summed E-state index contributed by atoms with van der Waals surface area (Å²) in [5.74, 6) is 0. The van der Waals surface area contributed by atoms with Gasteiger partial charge in [-0.05, 0) is 0 Å². The van der Waals surface area contributed by atoms with Gasteiger partial charge in [0.05, 0.1) is 0 Å². The monoisotopic (exact) mass is 322 g/mol. The fraction of sp³-hybridized carbons (Fsp3) is 1.00. The van der Waals surface area contributed by atoms with E-state index < -0.39 is 0 Å². The molecule has 0 unspecified atom stereocenters. The zero-order valence-electron chi connectivity index (χ0n) is 9.37. The average Bonchev–Trinajstić information content (AvgIpc) is 2.28. The molecule has 0 bridgehead atoms. The summed E-state index contributed by atoms with van der Waals surface area (Å²) in [5, 5.41) is 9.71. The number of halogens is 2. The van der Waals surface area contributed by atoms with Crippen molar-refractivity contribution >= 4 is 20.2 Å². The molecule has 0 fully saturated rings. The van der Waals surface area contributed by atoms with Crippen molar-refractivity contribution in [2.24, 2.45) is 11.5 Å². The summed E-state index contributed by atoms with van der Waals surface area (Å²) in [7, 11) is 9.34. The van der Waals surface area contributed by atoms with Gasteiger partial charge in [-0.2, -0.15) is 0 Å². The maximum atomic E-state index is 5.32. The van der Waals surface area contributed by atoms with Crippen LogP contribution in [-0.2, 0) is 13.1 Å². The van der Waals surface area contributed by atoms with Crippen LogP contribution in [-0.4, -0.2) is 52.4 Å². The third kappa shape index (κ3) is 24.2. The topological polar surface area (TPSA) is 88.1 Å². The molecule has 0 aromatic rings. The number of hydrogen-bond donors (Lipinski definition) is 5. The molecule has 0 saturated carbocycles. The van der Waals surface area contributed by atoms with Crippen LogP contribution in [0.5, 0.6) is 0 Å². The quantitative estimate of drug-likeness (QED) is 0.264. The number of rotatable bonds is 10. The summed E-state index contributed by atoms with van der Waals surface area (Å²) in [6.07, 6.45) is 0. The van der Waals surface area contributed by atoms with Gasteiger partial charge in [0.1, 0.15) is 0 Å². The fourth-order valence-corrected chi connectivity index (χ4v) is 0.933. The van der Waals surface area contributed by atoms with Crippen LogP contribution in [0.4, 0.5) is 0 Å². The molecule has 0 spiro atoms. The molecular formula is C8H23Cl2CuN5. The normalized spacial score (nSPS) is 10.0. The van der Waals surface area contributed by atoms with Crippen LogP contribution in [0, 0.1) is 0 Å². The minimum absolute atomic E-state index is 0.706. The van der Waals surface area contributed by atoms with Crippen molar-refractivity contribution in [3.05, 3.63) is 0 Å². The molecule has 0 aromatic heterocycles. The summed E-state index contributed by atoms with van der Waals surface area (Å²) in [5.41, 5.74) is 10.6. The Bertz CT molecular complexity index is 102. The van der Waals surface area contributed by atoms with Gasteiger partial charge in [0.25, 0.3) is 0 Å². The predicted molar refractivity (Wildman–Crippen MR) is 68.4 cm³/mol. The Kier molecular flexibility index (Phi) is 25.5. The second kappa shape index (κ2) is 21.2. The summed E-state index contributed by atoms with van der Waals surface area (Å²) in [6.45, 7) is 7.15. The second-order valence-corrected chi connectivity index (χ2v) is 4.43. The first-order chi connectivity index (χ1) is 7.83. The van der Waals surface area contributed by atoms with Crippen LogP contribution in [0.2, 0.25) is 0 Å². The van der Waals surface area contributed by atoms with Gasteiger partial charge >= 0.3 is 33.3 Å². The van der Waals surface area contributed by atoms with E-state index in [1.54, 1.807) is 0 Å². The van der Waals surface area contributed by atoms with Gasteiger partial charge in [-0.25, -0.2) is 0 Å². The Morgan fingerprint density at radius 3 is 1.19 bits per heavy atom. The molecule has 0 heterocycles. The van der Waals surface area contributed by atoms with Crippen LogP contribution in [0.25, 0.3) is 0 Å². The fourth-order valence-electron chi connectivity index (χ4n) is 0.933.